The van der Waals surface area contributed by atoms with Crippen LogP contribution in [-0.2, 0) is 0 Å². The SMILES string of the molecule is CCCCCN(C(=O)c1sc(NC(=O)c2cccc(F)c2)cc1C)C(C)C. The molecule has 1 aromatic heterocycles. The van der Waals surface area contributed by atoms with Gasteiger partial charge in [0.05, 0.1) is 9.88 Å². The second kappa shape index (κ2) is 9.65. The molecule has 2 aromatic rings. The summed E-state index contributed by atoms with van der Waals surface area (Å²) in [7, 11) is 0. The number of carbonyl (C=O) groups excluding carboxylic acids is 2. The summed E-state index contributed by atoms with van der Waals surface area (Å²) in [4.78, 5) is 27.8. The minimum Gasteiger partial charge on any atom is -0.336 e. The lowest BCUT2D eigenvalue weighted by Gasteiger charge is -2.26. The molecule has 0 spiro atoms. The minimum absolute atomic E-state index is 0.00476. The number of benzene rings is 1. The quantitative estimate of drug-likeness (QED) is 0.606. The number of nitrogens with zero attached hydrogens (tertiary/aromatic N) is 1. The number of amides is 2. The molecule has 1 aromatic carbocycles. The van der Waals surface area contributed by atoms with Crippen LogP contribution in [0, 0.1) is 12.7 Å². The highest BCUT2D eigenvalue weighted by Gasteiger charge is 2.23. The second-order valence-corrected chi connectivity index (χ2v) is 7.94. The molecular weight excluding hydrogens is 363 g/mol. The molecule has 0 fully saturated rings. The van der Waals surface area contributed by atoms with Crippen LogP contribution in [0.5, 0.6) is 0 Å². The normalized spacial score (nSPS) is 10.9. The average molecular weight is 391 g/mol. The molecule has 6 heteroatoms. The van der Waals surface area contributed by atoms with Crippen molar-refractivity contribution in [3.63, 3.8) is 0 Å². The standard InChI is InChI=1S/C21H27FN2O2S/c1-5-6-7-11-24(14(2)3)21(26)19-15(4)12-18(27-19)23-20(25)16-9-8-10-17(22)13-16/h8-10,12-14H,5-7,11H2,1-4H3,(H,23,25). The van der Waals surface area contributed by atoms with Gasteiger partial charge in [0.1, 0.15) is 5.82 Å². The molecule has 0 aliphatic rings. The van der Waals surface area contributed by atoms with Gasteiger partial charge in [-0.3, -0.25) is 9.59 Å². The lowest BCUT2D eigenvalue weighted by atomic mass is 10.2. The van der Waals surface area contributed by atoms with Gasteiger partial charge in [-0.15, -0.1) is 11.3 Å². The molecule has 2 amide bonds. The van der Waals surface area contributed by atoms with Crippen LogP contribution in [0.1, 0.15) is 65.6 Å². The van der Waals surface area contributed by atoms with Crippen molar-refractivity contribution in [2.75, 3.05) is 11.9 Å². The molecule has 4 nitrogen and oxygen atoms in total. The van der Waals surface area contributed by atoms with Crippen LogP contribution >= 0.6 is 11.3 Å². The summed E-state index contributed by atoms with van der Waals surface area (Å²) in [6.07, 6.45) is 3.18. The zero-order valence-corrected chi connectivity index (χ0v) is 17.2. The van der Waals surface area contributed by atoms with Crippen LogP contribution < -0.4 is 5.32 Å². The van der Waals surface area contributed by atoms with E-state index in [1.807, 2.05) is 25.7 Å². The van der Waals surface area contributed by atoms with Crippen molar-refractivity contribution in [1.29, 1.82) is 0 Å². The molecule has 27 heavy (non-hydrogen) atoms. The van der Waals surface area contributed by atoms with Crippen molar-refractivity contribution >= 4 is 28.2 Å². The average Bonchev–Trinajstić information content (AvgIpc) is 2.98. The zero-order valence-electron chi connectivity index (χ0n) is 16.3. The van der Waals surface area contributed by atoms with Gasteiger partial charge in [-0.25, -0.2) is 4.39 Å². The Morgan fingerprint density at radius 1 is 1.22 bits per heavy atom. The highest BCUT2D eigenvalue weighted by molar-refractivity contribution is 7.18. The molecule has 1 heterocycles. The summed E-state index contributed by atoms with van der Waals surface area (Å²) in [5.41, 5.74) is 1.08. The lowest BCUT2D eigenvalue weighted by molar-refractivity contribution is 0.0706. The maximum Gasteiger partial charge on any atom is 0.264 e. The van der Waals surface area contributed by atoms with Crippen LogP contribution in [-0.4, -0.2) is 29.3 Å². The second-order valence-electron chi connectivity index (χ2n) is 6.89. The Morgan fingerprint density at radius 2 is 1.96 bits per heavy atom. The van der Waals surface area contributed by atoms with E-state index in [9.17, 15) is 14.0 Å². The topological polar surface area (TPSA) is 49.4 Å². The van der Waals surface area contributed by atoms with Gasteiger partial charge in [0.15, 0.2) is 0 Å². The van der Waals surface area contributed by atoms with Gasteiger partial charge in [0, 0.05) is 18.2 Å². The first kappa shape index (κ1) is 21.1. The summed E-state index contributed by atoms with van der Waals surface area (Å²) >= 11 is 1.26. The summed E-state index contributed by atoms with van der Waals surface area (Å²) in [6.45, 7) is 8.76. The Labute approximate surface area is 164 Å². The van der Waals surface area contributed by atoms with E-state index < -0.39 is 11.7 Å². The van der Waals surface area contributed by atoms with Crippen LogP contribution in [0.15, 0.2) is 30.3 Å². The number of thiophene rings is 1. The van der Waals surface area contributed by atoms with E-state index in [4.69, 9.17) is 0 Å². The largest absolute Gasteiger partial charge is 0.336 e. The van der Waals surface area contributed by atoms with E-state index in [1.54, 1.807) is 12.1 Å². The molecule has 0 radical (unpaired) electrons. The summed E-state index contributed by atoms with van der Waals surface area (Å²) in [5.74, 6) is -0.853. The van der Waals surface area contributed by atoms with Gasteiger partial charge < -0.3 is 10.2 Å². The fourth-order valence-corrected chi connectivity index (χ4v) is 3.85. The molecule has 0 aliphatic heterocycles. The van der Waals surface area contributed by atoms with Crippen LogP contribution in [0.3, 0.4) is 0 Å². The molecule has 0 unspecified atom stereocenters. The molecule has 0 saturated heterocycles. The van der Waals surface area contributed by atoms with E-state index >= 15 is 0 Å². The van der Waals surface area contributed by atoms with Crippen molar-refractivity contribution in [1.82, 2.24) is 4.90 Å². The Bertz CT molecular complexity index is 801. The number of aryl methyl sites for hydroxylation is 1. The van der Waals surface area contributed by atoms with Crippen molar-refractivity contribution in [2.24, 2.45) is 0 Å². The van der Waals surface area contributed by atoms with Crippen LogP contribution in [0.25, 0.3) is 0 Å². The van der Waals surface area contributed by atoms with Crippen LogP contribution in [0.4, 0.5) is 9.39 Å². The molecule has 2 rings (SSSR count). The first-order valence-corrected chi connectivity index (χ1v) is 10.1. The zero-order chi connectivity index (χ0) is 20.0. The predicted octanol–water partition coefficient (Wildman–Crippen LogP) is 5.49. The minimum atomic E-state index is -0.458. The van der Waals surface area contributed by atoms with Gasteiger partial charge in [-0.05, 0) is 57.0 Å². The molecule has 146 valence electrons. The molecule has 0 saturated carbocycles. The van der Waals surface area contributed by atoms with Gasteiger partial charge in [-0.2, -0.15) is 0 Å². The Hall–Kier alpha value is -2.21. The van der Waals surface area contributed by atoms with Crippen molar-refractivity contribution < 1.29 is 14.0 Å². The highest BCUT2D eigenvalue weighted by atomic mass is 32.1. The monoisotopic (exact) mass is 390 g/mol. The smallest absolute Gasteiger partial charge is 0.264 e. The first-order valence-electron chi connectivity index (χ1n) is 9.31. The molecule has 0 aliphatic carbocycles. The molecule has 0 bridgehead atoms. The van der Waals surface area contributed by atoms with Crippen LogP contribution in [0.2, 0.25) is 0 Å². The number of nitrogens with one attached hydrogen (secondary N) is 1. The number of halogens is 1. The number of carbonyl (C=O) groups is 2. The molecule has 1 N–H and O–H groups in total. The van der Waals surface area contributed by atoms with Crippen molar-refractivity contribution in [2.45, 2.75) is 53.0 Å². The lowest BCUT2D eigenvalue weighted by Crippen LogP contribution is -2.37. The van der Waals surface area contributed by atoms with Gasteiger partial charge in [0.2, 0.25) is 0 Å². The highest BCUT2D eigenvalue weighted by Crippen LogP contribution is 2.29. The Kier molecular flexibility index (Phi) is 7.54. The van der Waals surface area contributed by atoms with E-state index in [0.29, 0.717) is 9.88 Å². The summed E-state index contributed by atoms with van der Waals surface area (Å²) in [5, 5.41) is 3.35. The van der Waals surface area contributed by atoms with E-state index in [0.717, 1.165) is 31.4 Å². The summed E-state index contributed by atoms with van der Waals surface area (Å²) < 4.78 is 13.3. The van der Waals surface area contributed by atoms with Crippen molar-refractivity contribution in [3.8, 4) is 0 Å². The number of hydrogen-bond donors (Lipinski definition) is 1. The molecular formula is C21H27FN2O2S. The Morgan fingerprint density at radius 3 is 2.59 bits per heavy atom. The van der Waals surface area contributed by atoms with Gasteiger partial charge in [-0.1, -0.05) is 25.8 Å². The Balaban J connectivity index is 2.14. The maximum atomic E-state index is 13.3. The van der Waals surface area contributed by atoms with Gasteiger partial charge in [0.25, 0.3) is 11.8 Å². The third-order valence-electron chi connectivity index (χ3n) is 4.32. The third-order valence-corrected chi connectivity index (χ3v) is 5.46. The van der Waals surface area contributed by atoms with E-state index in [-0.39, 0.29) is 17.5 Å². The van der Waals surface area contributed by atoms with Crippen molar-refractivity contribution in [3.05, 3.63) is 52.2 Å². The fourth-order valence-electron chi connectivity index (χ4n) is 2.83. The third kappa shape index (κ3) is 5.63. The number of unbranched alkanes of at least 4 members (excludes halogenated alkanes) is 2. The van der Waals surface area contributed by atoms with Gasteiger partial charge >= 0.3 is 0 Å². The number of rotatable bonds is 8. The maximum absolute atomic E-state index is 13.3. The van der Waals surface area contributed by atoms with E-state index in [1.165, 1.54) is 29.5 Å². The summed E-state index contributed by atoms with van der Waals surface area (Å²) in [6, 6.07) is 7.44. The first-order chi connectivity index (χ1) is 12.8. The predicted molar refractivity (Wildman–Crippen MR) is 109 cm³/mol. The number of anilines is 1. The number of hydrogen-bond acceptors (Lipinski definition) is 3. The van der Waals surface area contributed by atoms with E-state index in [2.05, 4.69) is 12.2 Å². The fraction of sp³-hybridized carbons (Fsp3) is 0.429. The molecule has 0 atom stereocenters.